The van der Waals surface area contributed by atoms with Crippen LogP contribution < -0.4 is 0 Å². The minimum absolute atomic E-state index is 0.188. The molecule has 4 aromatic rings. The molecule has 0 aliphatic rings. The van der Waals surface area contributed by atoms with E-state index in [9.17, 15) is 5.11 Å². The standard InChI is InChI=1S/C18H11O/c19-12-9-10-17-15-7-2-1-5-13(15)14-6-3-4-8-16(14)18(17)11-12/h1-10,19H. The molecule has 89 valence electrons. The van der Waals surface area contributed by atoms with Crippen LogP contribution in [0.3, 0.4) is 0 Å². The molecule has 1 nitrogen and oxygen atoms in total. The molecule has 0 saturated heterocycles. The van der Waals surface area contributed by atoms with Gasteiger partial charge in [-0.25, -0.2) is 0 Å². The second-order valence-corrected chi connectivity index (χ2v) is 4.72. The number of phenolic OH excluding ortho intramolecular Hbond substituents is 1. The van der Waals surface area contributed by atoms with Gasteiger partial charge in [0.25, 0.3) is 0 Å². The molecule has 1 N–H and O–H groups in total. The fourth-order valence-corrected chi connectivity index (χ4v) is 2.81. The highest BCUT2D eigenvalue weighted by molar-refractivity contribution is 6.25. The van der Waals surface area contributed by atoms with Gasteiger partial charge in [-0.15, -0.1) is 0 Å². The zero-order valence-corrected chi connectivity index (χ0v) is 10.2. The van der Waals surface area contributed by atoms with Crippen molar-refractivity contribution < 1.29 is 5.11 Å². The van der Waals surface area contributed by atoms with Crippen molar-refractivity contribution in [2.45, 2.75) is 0 Å². The molecule has 0 unspecified atom stereocenters. The van der Waals surface area contributed by atoms with E-state index in [2.05, 4.69) is 36.4 Å². The summed E-state index contributed by atoms with van der Waals surface area (Å²) in [7, 11) is 0. The lowest BCUT2D eigenvalue weighted by Crippen LogP contribution is -1.82. The lowest BCUT2D eigenvalue weighted by Gasteiger charge is -2.09. The molecule has 0 heterocycles. The van der Waals surface area contributed by atoms with Crippen LogP contribution in [0.4, 0.5) is 0 Å². The van der Waals surface area contributed by atoms with Crippen molar-refractivity contribution in [3.05, 3.63) is 66.7 Å². The van der Waals surface area contributed by atoms with Gasteiger partial charge in [0.15, 0.2) is 0 Å². The predicted octanol–water partition coefficient (Wildman–Crippen LogP) is 4.65. The van der Waals surface area contributed by atoms with Gasteiger partial charge in [-0.3, -0.25) is 0 Å². The number of benzene rings is 4. The molecule has 0 saturated carbocycles. The summed E-state index contributed by atoms with van der Waals surface area (Å²) in [6.07, 6.45) is 0. The topological polar surface area (TPSA) is 20.2 Å². The molecular formula is C18H11O. The quantitative estimate of drug-likeness (QED) is 0.446. The van der Waals surface area contributed by atoms with Crippen LogP contribution in [0.5, 0.6) is 5.75 Å². The molecule has 0 aromatic heterocycles. The normalized spacial score (nSPS) is 11.4. The number of rotatable bonds is 0. The molecular weight excluding hydrogens is 232 g/mol. The van der Waals surface area contributed by atoms with Crippen LogP contribution in [-0.2, 0) is 0 Å². The molecule has 4 aromatic carbocycles. The summed E-state index contributed by atoms with van der Waals surface area (Å²) in [6, 6.07) is 23.4. The van der Waals surface area contributed by atoms with Crippen LogP contribution in [0.2, 0.25) is 0 Å². The Kier molecular flexibility index (Phi) is 2.04. The maximum absolute atomic E-state index is 9.71. The van der Waals surface area contributed by atoms with Crippen LogP contribution >= 0.6 is 0 Å². The smallest absolute Gasteiger partial charge is 0.124 e. The van der Waals surface area contributed by atoms with Crippen LogP contribution in [0.25, 0.3) is 32.3 Å². The Hall–Kier alpha value is -2.54. The minimum atomic E-state index is 0.188. The fourth-order valence-electron chi connectivity index (χ4n) is 2.81. The molecule has 4 rings (SSSR count). The maximum Gasteiger partial charge on any atom is 0.124 e. The zero-order chi connectivity index (χ0) is 12.8. The summed E-state index contributed by atoms with van der Waals surface area (Å²) in [5.74, 6) is 0.188. The van der Waals surface area contributed by atoms with Gasteiger partial charge in [0.2, 0.25) is 0 Å². The zero-order valence-electron chi connectivity index (χ0n) is 10.2. The Bertz CT molecular complexity index is 887. The summed E-state index contributed by atoms with van der Waals surface area (Å²) in [5, 5.41) is 16.6. The van der Waals surface area contributed by atoms with Crippen molar-refractivity contribution >= 4 is 32.3 Å². The summed E-state index contributed by atoms with van der Waals surface area (Å²) in [6.45, 7) is 0. The van der Waals surface area contributed by atoms with Crippen LogP contribution in [0, 0.1) is 6.07 Å². The first kappa shape index (κ1) is 10.4. The Morgan fingerprint density at radius 1 is 0.579 bits per heavy atom. The second kappa shape index (κ2) is 3.72. The lowest BCUT2D eigenvalue weighted by molar-refractivity contribution is 0.475. The van der Waals surface area contributed by atoms with Gasteiger partial charge in [-0.2, -0.15) is 0 Å². The van der Waals surface area contributed by atoms with Gasteiger partial charge in [0.1, 0.15) is 5.75 Å². The number of aromatic hydroxyl groups is 1. The van der Waals surface area contributed by atoms with Crippen LogP contribution in [0.1, 0.15) is 0 Å². The third-order valence-corrected chi connectivity index (χ3v) is 3.63. The highest BCUT2D eigenvalue weighted by Crippen LogP contribution is 2.35. The Balaban J connectivity index is 2.43. The third-order valence-electron chi connectivity index (χ3n) is 3.63. The van der Waals surface area contributed by atoms with Crippen molar-refractivity contribution in [3.63, 3.8) is 0 Å². The van der Waals surface area contributed by atoms with E-state index in [4.69, 9.17) is 0 Å². The molecule has 0 aliphatic heterocycles. The SMILES string of the molecule is Oc1[c]c2c3ccccc3c3ccccc3c2cc1. The first-order valence-corrected chi connectivity index (χ1v) is 6.29. The molecule has 0 aliphatic carbocycles. The van der Waals surface area contributed by atoms with Gasteiger partial charge in [0.05, 0.1) is 0 Å². The monoisotopic (exact) mass is 243 g/mol. The molecule has 0 spiro atoms. The van der Waals surface area contributed by atoms with E-state index in [-0.39, 0.29) is 5.75 Å². The molecule has 1 radical (unpaired) electrons. The summed E-state index contributed by atoms with van der Waals surface area (Å²) < 4.78 is 0. The highest BCUT2D eigenvalue weighted by atomic mass is 16.3. The predicted molar refractivity (Wildman–Crippen MR) is 79.5 cm³/mol. The second-order valence-electron chi connectivity index (χ2n) is 4.72. The first-order chi connectivity index (χ1) is 9.34. The minimum Gasteiger partial charge on any atom is -0.507 e. The molecule has 0 bridgehead atoms. The number of phenols is 1. The summed E-state index contributed by atoms with van der Waals surface area (Å²) in [4.78, 5) is 0. The molecule has 0 fully saturated rings. The maximum atomic E-state index is 9.71. The van der Waals surface area contributed by atoms with Crippen molar-refractivity contribution in [2.24, 2.45) is 0 Å². The van der Waals surface area contributed by atoms with Crippen LogP contribution in [0.15, 0.2) is 60.7 Å². The van der Waals surface area contributed by atoms with Gasteiger partial charge in [-0.05, 0) is 33.0 Å². The summed E-state index contributed by atoms with van der Waals surface area (Å²) in [5.41, 5.74) is 0. The van der Waals surface area contributed by atoms with Crippen molar-refractivity contribution in [3.8, 4) is 5.75 Å². The Morgan fingerprint density at radius 2 is 1.05 bits per heavy atom. The summed E-state index contributed by atoms with van der Waals surface area (Å²) >= 11 is 0. The number of hydrogen-bond acceptors (Lipinski definition) is 1. The van der Waals surface area contributed by atoms with Gasteiger partial charge in [-0.1, -0.05) is 54.6 Å². The van der Waals surface area contributed by atoms with E-state index >= 15 is 0 Å². The van der Waals surface area contributed by atoms with Gasteiger partial charge in [0, 0.05) is 11.5 Å². The first-order valence-electron chi connectivity index (χ1n) is 6.29. The Labute approximate surface area is 110 Å². The van der Waals surface area contributed by atoms with Gasteiger partial charge < -0.3 is 5.11 Å². The van der Waals surface area contributed by atoms with E-state index in [1.54, 1.807) is 6.07 Å². The van der Waals surface area contributed by atoms with E-state index in [0.29, 0.717) is 0 Å². The molecule has 1 heteroatoms. The van der Waals surface area contributed by atoms with Gasteiger partial charge >= 0.3 is 0 Å². The number of hydrogen-bond donors (Lipinski definition) is 1. The van der Waals surface area contributed by atoms with Crippen LogP contribution in [-0.4, -0.2) is 5.11 Å². The van der Waals surface area contributed by atoms with E-state index in [0.717, 1.165) is 16.2 Å². The highest BCUT2D eigenvalue weighted by Gasteiger charge is 2.08. The van der Waals surface area contributed by atoms with E-state index in [1.165, 1.54) is 16.2 Å². The Morgan fingerprint density at radius 3 is 1.68 bits per heavy atom. The largest absolute Gasteiger partial charge is 0.507 e. The molecule has 19 heavy (non-hydrogen) atoms. The third kappa shape index (κ3) is 1.42. The van der Waals surface area contributed by atoms with E-state index in [1.807, 2.05) is 24.3 Å². The van der Waals surface area contributed by atoms with Crippen molar-refractivity contribution in [1.29, 1.82) is 0 Å². The molecule has 0 amide bonds. The van der Waals surface area contributed by atoms with Crippen molar-refractivity contribution in [1.82, 2.24) is 0 Å². The van der Waals surface area contributed by atoms with Crippen molar-refractivity contribution in [2.75, 3.05) is 0 Å². The average molecular weight is 243 g/mol. The lowest BCUT2D eigenvalue weighted by atomic mass is 9.94. The van der Waals surface area contributed by atoms with E-state index < -0.39 is 0 Å². The fraction of sp³-hybridized carbons (Fsp3) is 0. The molecule has 0 atom stereocenters. The number of fused-ring (bicyclic) bond motifs is 6. The average Bonchev–Trinajstić information content (AvgIpc) is 2.47.